The van der Waals surface area contributed by atoms with Gasteiger partial charge in [0.2, 0.25) is 11.8 Å². The number of nitrogen functional groups attached to an aromatic ring is 1. The average Bonchev–Trinajstić information content (AvgIpc) is 3.03. The Morgan fingerprint density at radius 1 is 1.35 bits per heavy atom. The molecule has 1 aromatic carbocycles. The Hall–Kier alpha value is -2.24. The van der Waals surface area contributed by atoms with Crippen molar-refractivity contribution in [2.45, 2.75) is 45.1 Å². The van der Waals surface area contributed by atoms with Crippen molar-refractivity contribution >= 4 is 23.2 Å². The molecule has 1 aliphatic rings. The van der Waals surface area contributed by atoms with Gasteiger partial charge in [-0.25, -0.2) is 0 Å². The molecule has 0 spiro atoms. The molecule has 2 amide bonds. The lowest BCUT2D eigenvalue weighted by Gasteiger charge is -2.17. The molecular formula is C17H25N3O3. The van der Waals surface area contributed by atoms with Crippen LogP contribution in [0.25, 0.3) is 0 Å². The van der Waals surface area contributed by atoms with E-state index in [4.69, 9.17) is 10.5 Å². The molecule has 1 aromatic rings. The summed E-state index contributed by atoms with van der Waals surface area (Å²) in [5.74, 6) is 0.597. The van der Waals surface area contributed by atoms with Crippen LogP contribution in [-0.4, -0.2) is 25.0 Å². The van der Waals surface area contributed by atoms with Crippen molar-refractivity contribution in [3.63, 3.8) is 0 Å². The summed E-state index contributed by atoms with van der Waals surface area (Å²) >= 11 is 0. The van der Waals surface area contributed by atoms with Crippen molar-refractivity contribution in [3.8, 4) is 5.75 Å². The van der Waals surface area contributed by atoms with Gasteiger partial charge in [-0.1, -0.05) is 12.8 Å². The van der Waals surface area contributed by atoms with Gasteiger partial charge in [0.1, 0.15) is 5.75 Å². The number of anilines is 2. The maximum Gasteiger partial charge on any atom is 0.226 e. The third-order valence-corrected chi connectivity index (χ3v) is 4.14. The lowest BCUT2D eigenvalue weighted by Crippen LogP contribution is -2.38. The molecular weight excluding hydrogens is 294 g/mol. The molecule has 4 N–H and O–H groups in total. The number of methoxy groups -OCH3 is 1. The number of nitrogens with one attached hydrogen (secondary N) is 2. The Labute approximate surface area is 136 Å². The van der Waals surface area contributed by atoms with Crippen LogP contribution in [0.4, 0.5) is 11.4 Å². The minimum absolute atomic E-state index is 0.0590. The minimum atomic E-state index is -0.213. The molecule has 0 aliphatic heterocycles. The zero-order valence-corrected chi connectivity index (χ0v) is 13.7. The molecule has 1 saturated carbocycles. The molecule has 0 saturated heterocycles. The predicted octanol–water partition coefficient (Wildman–Crippen LogP) is 2.30. The molecule has 1 unspecified atom stereocenters. The quantitative estimate of drug-likeness (QED) is 0.701. The Morgan fingerprint density at radius 3 is 2.70 bits per heavy atom. The molecule has 0 radical (unpaired) electrons. The van der Waals surface area contributed by atoms with Gasteiger partial charge in [-0.05, 0) is 31.9 Å². The fourth-order valence-electron chi connectivity index (χ4n) is 2.85. The fourth-order valence-corrected chi connectivity index (χ4v) is 2.85. The van der Waals surface area contributed by atoms with Crippen molar-refractivity contribution in [3.05, 3.63) is 18.2 Å². The van der Waals surface area contributed by atoms with Crippen molar-refractivity contribution in [1.29, 1.82) is 0 Å². The van der Waals surface area contributed by atoms with Gasteiger partial charge >= 0.3 is 0 Å². The molecule has 1 aliphatic carbocycles. The fraction of sp³-hybridized carbons (Fsp3) is 0.529. The number of hydrogen-bond donors (Lipinski definition) is 3. The van der Waals surface area contributed by atoms with Crippen molar-refractivity contribution in [1.82, 2.24) is 5.32 Å². The van der Waals surface area contributed by atoms with E-state index in [1.807, 2.05) is 6.92 Å². The van der Waals surface area contributed by atoms with Crippen LogP contribution in [0.3, 0.4) is 0 Å². The number of amides is 2. The lowest BCUT2D eigenvalue weighted by molar-refractivity contribution is -0.125. The van der Waals surface area contributed by atoms with E-state index in [0.29, 0.717) is 17.1 Å². The summed E-state index contributed by atoms with van der Waals surface area (Å²) in [6, 6.07) is 4.87. The third-order valence-electron chi connectivity index (χ3n) is 4.14. The topological polar surface area (TPSA) is 93.4 Å². The molecule has 0 bridgehead atoms. The maximum atomic E-state index is 12.1. The summed E-state index contributed by atoms with van der Waals surface area (Å²) in [6.45, 7) is 1.83. The highest BCUT2D eigenvalue weighted by atomic mass is 16.5. The molecule has 6 heteroatoms. The minimum Gasteiger partial charge on any atom is -0.497 e. The number of benzene rings is 1. The van der Waals surface area contributed by atoms with Crippen LogP contribution in [0, 0.1) is 5.92 Å². The Kier molecular flexibility index (Phi) is 5.84. The van der Waals surface area contributed by atoms with Gasteiger partial charge in [-0.2, -0.15) is 0 Å². The van der Waals surface area contributed by atoms with Crippen LogP contribution in [0.2, 0.25) is 0 Å². The molecule has 6 nitrogen and oxygen atoms in total. The Balaban J connectivity index is 1.85. The lowest BCUT2D eigenvalue weighted by atomic mass is 10.1. The summed E-state index contributed by atoms with van der Waals surface area (Å²) in [4.78, 5) is 24.2. The van der Waals surface area contributed by atoms with Crippen molar-refractivity contribution in [2.75, 3.05) is 18.2 Å². The van der Waals surface area contributed by atoms with E-state index in [1.54, 1.807) is 25.3 Å². The van der Waals surface area contributed by atoms with Crippen LogP contribution in [0.5, 0.6) is 5.75 Å². The monoisotopic (exact) mass is 319 g/mol. The largest absolute Gasteiger partial charge is 0.497 e. The standard InChI is InChI=1S/C17H25N3O3/c1-11(19-17(22)12-5-3-4-6-12)9-16(21)20-15-10-13(23-2)7-8-14(15)18/h7-8,10-12H,3-6,9,18H2,1-2H3,(H,19,22)(H,20,21). The summed E-state index contributed by atoms with van der Waals surface area (Å²) in [7, 11) is 1.55. The zero-order chi connectivity index (χ0) is 16.8. The first-order valence-corrected chi connectivity index (χ1v) is 8.03. The molecule has 1 atom stereocenters. The van der Waals surface area contributed by atoms with E-state index in [2.05, 4.69) is 10.6 Å². The Bertz CT molecular complexity index is 568. The molecule has 126 valence electrons. The highest BCUT2D eigenvalue weighted by molar-refractivity contribution is 5.94. The van der Waals surface area contributed by atoms with Gasteiger partial charge in [-0.3, -0.25) is 9.59 Å². The van der Waals surface area contributed by atoms with Crippen LogP contribution in [0.1, 0.15) is 39.0 Å². The maximum absolute atomic E-state index is 12.1. The Morgan fingerprint density at radius 2 is 2.04 bits per heavy atom. The normalized spacial score (nSPS) is 15.9. The van der Waals surface area contributed by atoms with Crippen LogP contribution >= 0.6 is 0 Å². The number of carbonyl (C=O) groups is 2. The smallest absolute Gasteiger partial charge is 0.226 e. The second kappa shape index (κ2) is 7.85. The summed E-state index contributed by atoms with van der Waals surface area (Å²) in [5, 5.41) is 5.68. The van der Waals surface area contributed by atoms with Gasteiger partial charge in [0.15, 0.2) is 0 Å². The summed E-state index contributed by atoms with van der Waals surface area (Å²) < 4.78 is 5.12. The van der Waals surface area contributed by atoms with Crippen LogP contribution < -0.4 is 21.1 Å². The third kappa shape index (κ3) is 4.87. The van der Waals surface area contributed by atoms with E-state index >= 15 is 0 Å². The number of rotatable bonds is 6. The summed E-state index contributed by atoms with van der Waals surface area (Å²) in [5.41, 5.74) is 6.84. The van der Waals surface area contributed by atoms with Gasteiger partial charge in [0, 0.05) is 24.4 Å². The van der Waals surface area contributed by atoms with E-state index in [-0.39, 0.29) is 30.2 Å². The van der Waals surface area contributed by atoms with E-state index < -0.39 is 0 Å². The van der Waals surface area contributed by atoms with Gasteiger partial charge in [0.25, 0.3) is 0 Å². The van der Waals surface area contributed by atoms with E-state index in [9.17, 15) is 9.59 Å². The second-order valence-corrected chi connectivity index (χ2v) is 6.10. The van der Waals surface area contributed by atoms with E-state index in [0.717, 1.165) is 25.7 Å². The first-order valence-electron chi connectivity index (χ1n) is 8.03. The number of carbonyl (C=O) groups excluding carboxylic acids is 2. The molecule has 0 heterocycles. The number of nitrogens with two attached hydrogens (primary N) is 1. The summed E-state index contributed by atoms with van der Waals surface area (Å²) in [6.07, 6.45) is 4.33. The molecule has 2 rings (SSSR count). The second-order valence-electron chi connectivity index (χ2n) is 6.10. The van der Waals surface area contributed by atoms with Crippen molar-refractivity contribution < 1.29 is 14.3 Å². The van der Waals surface area contributed by atoms with Crippen molar-refractivity contribution in [2.24, 2.45) is 5.92 Å². The van der Waals surface area contributed by atoms with E-state index in [1.165, 1.54) is 0 Å². The van der Waals surface area contributed by atoms with Gasteiger partial charge < -0.3 is 21.1 Å². The predicted molar refractivity (Wildman–Crippen MR) is 90.2 cm³/mol. The van der Waals surface area contributed by atoms with Gasteiger partial charge in [0.05, 0.1) is 18.5 Å². The molecule has 1 fully saturated rings. The first kappa shape index (κ1) is 17.1. The van der Waals surface area contributed by atoms with Crippen LogP contribution in [0.15, 0.2) is 18.2 Å². The number of hydrogen-bond acceptors (Lipinski definition) is 4. The zero-order valence-electron chi connectivity index (χ0n) is 13.7. The highest BCUT2D eigenvalue weighted by Gasteiger charge is 2.24. The first-order chi connectivity index (χ1) is 11.0. The van der Waals surface area contributed by atoms with Crippen LogP contribution in [-0.2, 0) is 9.59 Å². The molecule has 23 heavy (non-hydrogen) atoms. The number of ether oxygens (including phenoxy) is 1. The highest BCUT2D eigenvalue weighted by Crippen LogP contribution is 2.25. The molecule has 0 aromatic heterocycles. The SMILES string of the molecule is COc1ccc(N)c(NC(=O)CC(C)NC(=O)C2CCCC2)c1. The average molecular weight is 319 g/mol. The van der Waals surface area contributed by atoms with Gasteiger partial charge in [-0.15, -0.1) is 0 Å².